The molecule has 0 saturated heterocycles. The summed E-state index contributed by atoms with van der Waals surface area (Å²) in [5, 5.41) is 7.21. The SMILES string of the molecule is COc1cccc(CCc2c(CCNCCCCCCNCCc3ccccc3)ccc(OC)c2OC)c1.Cl. The molecule has 0 aliphatic heterocycles. The number of ether oxygens (including phenoxy) is 3. The van der Waals surface area contributed by atoms with Crippen LogP contribution < -0.4 is 24.8 Å². The quantitative estimate of drug-likeness (QED) is 0.167. The van der Waals surface area contributed by atoms with E-state index in [1.54, 1.807) is 21.3 Å². The summed E-state index contributed by atoms with van der Waals surface area (Å²) in [6, 6.07) is 23.2. The van der Waals surface area contributed by atoms with Gasteiger partial charge < -0.3 is 24.8 Å². The van der Waals surface area contributed by atoms with E-state index in [4.69, 9.17) is 14.2 Å². The molecule has 5 nitrogen and oxygen atoms in total. The lowest BCUT2D eigenvalue weighted by atomic mass is 9.96. The van der Waals surface area contributed by atoms with Crippen molar-refractivity contribution in [3.8, 4) is 17.2 Å². The predicted octanol–water partition coefficient (Wildman–Crippen LogP) is 6.44. The highest BCUT2D eigenvalue weighted by Crippen LogP contribution is 2.34. The van der Waals surface area contributed by atoms with Crippen LogP contribution in [0, 0.1) is 0 Å². The van der Waals surface area contributed by atoms with Gasteiger partial charge in [0.15, 0.2) is 11.5 Å². The van der Waals surface area contributed by atoms with Crippen molar-refractivity contribution in [1.82, 2.24) is 10.6 Å². The van der Waals surface area contributed by atoms with Gasteiger partial charge in [-0.15, -0.1) is 12.4 Å². The molecule has 3 rings (SSSR count). The standard InChI is InChI=1S/C33H46N2O3.ClH/c1-36-30-15-11-14-28(26-30)16-18-31-29(17-19-32(37-2)33(31)38-3)21-25-35-23-10-5-4-9-22-34-24-20-27-12-7-6-8-13-27;/h6-8,11-15,17,19,26,34-35H,4-5,9-10,16,18,20-25H2,1-3H3;1H. The molecule has 214 valence electrons. The Morgan fingerprint density at radius 2 is 1.26 bits per heavy atom. The number of unbranched alkanes of at least 4 members (excludes halogenated alkanes) is 3. The van der Waals surface area contributed by atoms with Gasteiger partial charge in [-0.05, 0) is 99.6 Å². The molecule has 0 aliphatic rings. The third kappa shape index (κ3) is 11.5. The lowest BCUT2D eigenvalue weighted by Crippen LogP contribution is -2.20. The highest BCUT2D eigenvalue weighted by atomic mass is 35.5. The smallest absolute Gasteiger partial charge is 0.164 e. The molecule has 0 saturated carbocycles. The largest absolute Gasteiger partial charge is 0.497 e. The maximum absolute atomic E-state index is 5.80. The van der Waals surface area contributed by atoms with E-state index in [1.165, 1.54) is 47.9 Å². The average molecular weight is 555 g/mol. The van der Waals surface area contributed by atoms with Gasteiger partial charge in [-0.1, -0.05) is 61.4 Å². The van der Waals surface area contributed by atoms with E-state index in [0.717, 1.165) is 69.1 Å². The monoisotopic (exact) mass is 554 g/mol. The molecule has 0 unspecified atom stereocenters. The van der Waals surface area contributed by atoms with E-state index in [-0.39, 0.29) is 12.4 Å². The highest BCUT2D eigenvalue weighted by molar-refractivity contribution is 5.85. The first-order valence-electron chi connectivity index (χ1n) is 14.1. The van der Waals surface area contributed by atoms with Crippen LogP contribution in [-0.4, -0.2) is 47.5 Å². The average Bonchev–Trinajstić information content (AvgIpc) is 2.97. The van der Waals surface area contributed by atoms with Crippen LogP contribution in [0.5, 0.6) is 17.2 Å². The normalized spacial score (nSPS) is 10.6. The third-order valence-electron chi connectivity index (χ3n) is 7.00. The zero-order valence-electron chi connectivity index (χ0n) is 24.0. The van der Waals surface area contributed by atoms with Crippen LogP contribution in [0.15, 0.2) is 66.7 Å². The van der Waals surface area contributed by atoms with Gasteiger partial charge in [0.05, 0.1) is 21.3 Å². The van der Waals surface area contributed by atoms with Gasteiger partial charge in [0.25, 0.3) is 0 Å². The molecule has 2 N–H and O–H groups in total. The van der Waals surface area contributed by atoms with Crippen molar-refractivity contribution < 1.29 is 14.2 Å². The topological polar surface area (TPSA) is 51.8 Å². The molecule has 0 fully saturated rings. The summed E-state index contributed by atoms with van der Waals surface area (Å²) in [5.41, 5.74) is 5.21. The van der Waals surface area contributed by atoms with Crippen LogP contribution in [0.4, 0.5) is 0 Å². The van der Waals surface area contributed by atoms with Crippen LogP contribution in [-0.2, 0) is 25.7 Å². The number of hydrogen-bond acceptors (Lipinski definition) is 5. The van der Waals surface area contributed by atoms with Gasteiger partial charge in [0, 0.05) is 5.56 Å². The van der Waals surface area contributed by atoms with E-state index in [2.05, 4.69) is 59.2 Å². The van der Waals surface area contributed by atoms with Crippen molar-refractivity contribution in [2.24, 2.45) is 0 Å². The molecule has 0 aliphatic carbocycles. The molecule has 0 atom stereocenters. The number of methoxy groups -OCH3 is 3. The zero-order valence-corrected chi connectivity index (χ0v) is 24.8. The van der Waals surface area contributed by atoms with Gasteiger partial charge in [0.1, 0.15) is 5.75 Å². The Balaban J connectivity index is 0.00000533. The first-order valence-corrected chi connectivity index (χ1v) is 14.1. The van der Waals surface area contributed by atoms with E-state index in [9.17, 15) is 0 Å². The van der Waals surface area contributed by atoms with Gasteiger partial charge in [0.2, 0.25) is 0 Å². The van der Waals surface area contributed by atoms with Crippen molar-refractivity contribution in [1.29, 1.82) is 0 Å². The molecule has 0 aromatic heterocycles. The molecule has 0 spiro atoms. The summed E-state index contributed by atoms with van der Waals surface area (Å²) in [7, 11) is 5.14. The fourth-order valence-electron chi connectivity index (χ4n) is 4.84. The second-order valence-electron chi connectivity index (χ2n) is 9.69. The fourth-order valence-corrected chi connectivity index (χ4v) is 4.84. The minimum absolute atomic E-state index is 0. The van der Waals surface area contributed by atoms with Crippen LogP contribution in [0.25, 0.3) is 0 Å². The number of rotatable bonds is 19. The lowest BCUT2D eigenvalue weighted by Gasteiger charge is -2.17. The maximum Gasteiger partial charge on any atom is 0.164 e. The van der Waals surface area contributed by atoms with Crippen molar-refractivity contribution in [3.05, 3.63) is 89.0 Å². The Morgan fingerprint density at radius 3 is 1.92 bits per heavy atom. The Kier molecular flexibility index (Phi) is 16.1. The Labute approximate surface area is 242 Å². The molecule has 6 heteroatoms. The first-order chi connectivity index (χ1) is 18.7. The number of halogens is 1. The summed E-state index contributed by atoms with van der Waals surface area (Å²) in [6.45, 7) is 4.19. The molecule has 0 heterocycles. The summed E-state index contributed by atoms with van der Waals surface area (Å²) in [6.07, 6.45) is 8.91. The molecule has 0 amide bonds. The Morgan fingerprint density at radius 1 is 0.564 bits per heavy atom. The van der Waals surface area contributed by atoms with Crippen LogP contribution >= 0.6 is 12.4 Å². The molecule has 3 aromatic carbocycles. The number of benzene rings is 3. The molecular formula is C33H47ClN2O3. The Bertz CT molecular complexity index is 1060. The van der Waals surface area contributed by atoms with Crippen LogP contribution in [0.1, 0.15) is 47.9 Å². The highest BCUT2D eigenvalue weighted by Gasteiger charge is 2.15. The summed E-state index contributed by atoms with van der Waals surface area (Å²) >= 11 is 0. The molecule has 0 bridgehead atoms. The van der Waals surface area contributed by atoms with Crippen molar-refractivity contribution in [3.63, 3.8) is 0 Å². The second-order valence-corrected chi connectivity index (χ2v) is 9.69. The molecule has 3 aromatic rings. The van der Waals surface area contributed by atoms with E-state index in [1.807, 2.05) is 18.2 Å². The summed E-state index contributed by atoms with van der Waals surface area (Å²) in [5.74, 6) is 2.54. The number of nitrogens with one attached hydrogen (secondary N) is 2. The maximum atomic E-state index is 5.80. The number of aryl methyl sites for hydroxylation is 1. The zero-order chi connectivity index (χ0) is 26.8. The van der Waals surface area contributed by atoms with Gasteiger partial charge >= 0.3 is 0 Å². The molecular weight excluding hydrogens is 508 g/mol. The van der Waals surface area contributed by atoms with Crippen LogP contribution in [0.3, 0.4) is 0 Å². The van der Waals surface area contributed by atoms with E-state index in [0.29, 0.717) is 0 Å². The second kappa shape index (κ2) is 19.3. The fraction of sp³-hybridized carbons (Fsp3) is 0.455. The Hall–Kier alpha value is -2.73. The van der Waals surface area contributed by atoms with Crippen molar-refractivity contribution in [2.45, 2.75) is 51.4 Å². The molecule has 39 heavy (non-hydrogen) atoms. The van der Waals surface area contributed by atoms with Gasteiger partial charge in [-0.2, -0.15) is 0 Å². The first kappa shape index (κ1) is 32.5. The minimum Gasteiger partial charge on any atom is -0.497 e. The minimum atomic E-state index is 0. The van der Waals surface area contributed by atoms with Gasteiger partial charge in [-0.3, -0.25) is 0 Å². The van der Waals surface area contributed by atoms with E-state index < -0.39 is 0 Å². The number of hydrogen-bond donors (Lipinski definition) is 2. The predicted molar refractivity (Wildman–Crippen MR) is 165 cm³/mol. The third-order valence-corrected chi connectivity index (χ3v) is 7.00. The van der Waals surface area contributed by atoms with E-state index >= 15 is 0 Å². The molecule has 0 radical (unpaired) electrons. The summed E-state index contributed by atoms with van der Waals surface area (Å²) in [4.78, 5) is 0. The van der Waals surface area contributed by atoms with Crippen molar-refractivity contribution >= 4 is 12.4 Å². The van der Waals surface area contributed by atoms with Gasteiger partial charge in [-0.25, -0.2) is 0 Å². The summed E-state index contributed by atoms with van der Waals surface area (Å²) < 4.78 is 16.8. The lowest BCUT2D eigenvalue weighted by molar-refractivity contribution is 0.351. The van der Waals surface area contributed by atoms with Crippen molar-refractivity contribution in [2.75, 3.05) is 47.5 Å². The van der Waals surface area contributed by atoms with Crippen LogP contribution in [0.2, 0.25) is 0 Å².